The highest BCUT2D eigenvalue weighted by Gasteiger charge is 2.24. The Morgan fingerprint density at radius 1 is 1.00 bits per heavy atom. The van der Waals surface area contributed by atoms with E-state index in [0.29, 0.717) is 28.4 Å². The predicted octanol–water partition coefficient (Wildman–Crippen LogP) is 5.03. The zero-order valence-electron chi connectivity index (χ0n) is 18.6. The van der Waals surface area contributed by atoms with Gasteiger partial charge in [0.25, 0.3) is 10.0 Å². The molecule has 182 valence electrons. The minimum Gasteiger partial charge on any atom is -0.495 e. The lowest BCUT2D eigenvalue weighted by molar-refractivity contribution is 0.414. The quantitative estimate of drug-likeness (QED) is 0.301. The molecule has 0 bridgehead atoms. The second-order valence-electron chi connectivity index (χ2n) is 7.18. The van der Waals surface area contributed by atoms with Crippen molar-refractivity contribution in [2.24, 2.45) is 0 Å². The number of rotatable bonds is 7. The summed E-state index contributed by atoms with van der Waals surface area (Å²) in [6.45, 7) is 0. The lowest BCUT2D eigenvalue weighted by atomic mass is 10.0. The molecule has 0 atom stereocenters. The number of nitrogens with one attached hydrogen (secondary N) is 3. The predicted molar refractivity (Wildman–Crippen MR) is 136 cm³/mol. The fourth-order valence-electron chi connectivity index (χ4n) is 3.37. The van der Waals surface area contributed by atoms with Gasteiger partial charge in [0.15, 0.2) is 11.5 Å². The SMILES string of the molecule is CNc1ncc2cc(-c3cccc(NS(=O)(=O)c4cc(Cl)c(OC)cc4Cl)c3F)c(NC)nc2n1. The van der Waals surface area contributed by atoms with Crippen LogP contribution in [0.25, 0.3) is 22.2 Å². The second-order valence-corrected chi connectivity index (χ2v) is 9.65. The van der Waals surface area contributed by atoms with Crippen LogP contribution in [-0.4, -0.2) is 44.6 Å². The molecule has 0 aliphatic heterocycles. The van der Waals surface area contributed by atoms with E-state index >= 15 is 4.39 Å². The number of sulfonamides is 1. The van der Waals surface area contributed by atoms with Gasteiger partial charge in [0.2, 0.25) is 5.95 Å². The number of pyridine rings is 1. The summed E-state index contributed by atoms with van der Waals surface area (Å²) in [5.74, 6) is 0.136. The summed E-state index contributed by atoms with van der Waals surface area (Å²) in [6.07, 6.45) is 1.56. The zero-order chi connectivity index (χ0) is 25.3. The molecule has 0 radical (unpaired) electrons. The molecule has 3 N–H and O–H groups in total. The van der Waals surface area contributed by atoms with Gasteiger partial charge in [-0.25, -0.2) is 22.8 Å². The molecule has 0 saturated heterocycles. The lowest BCUT2D eigenvalue weighted by Crippen LogP contribution is -2.15. The fourth-order valence-corrected chi connectivity index (χ4v) is 5.28. The Hall–Kier alpha value is -3.41. The number of hydrogen-bond donors (Lipinski definition) is 3. The third-order valence-corrected chi connectivity index (χ3v) is 7.18. The number of halogens is 3. The van der Waals surface area contributed by atoms with Gasteiger partial charge in [-0.1, -0.05) is 35.3 Å². The maximum Gasteiger partial charge on any atom is 0.263 e. The smallest absolute Gasteiger partial charge is 0.263 e. The fraction of sp³-hybridized carbons (Fsp3) is 0.136. The van der Waals surface area contributed by atoms with Crippen LogP contribution in [0.3, 0.4) is 0 Å². The van der Waals surface area contributed by atoms with Crippen molar-refractivity contribution in [3.8, 4) is 16.9 Å². The molecule has 35 heavy (non-hydrogen) atoms. The molecule has 2 aromatic heterocycles. The van der Waals surface area contributed by atoms with Crippen LogP contribution in [0.15, 0.2) is 47.5 Å². The average Bonchev–Trinajstić information content (AvgIpc) is 2.85. The number of methoxy groups -OCH3 is 1. The van der Waals surface area contributed by atoms with Gasteiger partial charge in [0, 0.05) is 42.9 Å². The minimum absolute atomic E-state index is 0.0380. The monoisotopic (exact) mass is 536 g/mol. The summed E-state index contributed by atoms with van der Waals surface area (Å²) < 4.78 is 49.0. The summed E-state index contributed by atoms with van der Waals surface area (Å²) in [6, 6.07) is 8.40. The molecule has 13 heteroatoms. The average molecular weight is 537 g/mol. The van der Waals surface area contributed by atoms with Crippen LogP contribution in [0.1, 0.15) is 0 Å². The van der Waals surface area contributed by atoms with Crippen LogP contribution in [0.2, 0.25) is 10.0 Å². The van der Waals surface area contributed by atoms with Crippen LogP contribution >= 0.6 is 23.2 Å². The van der Waals surface area contributed by atoms with E-state index < -0.39 is 15.8 Å². The van der Waals surface area contributed by atoms with Gasteiger partial charge < -0.3 is 15.4 Å². The Balaban J connectivity index is 1.78. The summed E-state index contributed by atoms with van der Waals surface area (Å²) in [4.78, 5) is 12.6. The third-order valence-electron chi connectivity index (χ3n) is 5.06. The van der Waals surface area contributed by atoms with Crippen LogP contribution < -0.4 is 20.1 Å². The van der Waals surface area contributed by atoms with Gasteiger partial charge in [0.05, 0.1) is 22.8 Å². The van der Waals surface area contributed by atoms with Crippen LogP contribution in [0.4, 0.5) is 21.8 Å². The largest absolute Gasteiger partial charge is 0.495 e. The van der Waals surface area contributed by atoms with Crippen molar-refractivity contribution in [1.29, 1.82) is 0 Å². The maximum atomic E-state index is 15.6. The first-order valence-electron chi connectivity index (χ1n) is 10.1. The molecule has 2 heterocycles. The van der Waals surface area contributed by atoms with E-state index in [9.17, 15) is 8.42 Å². The Labute approximate surface area is 210 Å². The highest BCUT2D eigenvalue weighted by molar-refractivity contribution is 7.92. The molecule has 0 aliphatic rings. The van der Waals surface area contributed by atoms with Crippen molar-refractivity contribution >= 4 is 61.7 Å². The van der Waals surface area contributed by atoms with E-state index in [2.05, 4.69) is 30.3 Å². The molecule has 4 aromatic rings. The summed E-state index contributed by atoms with van der Waals surface area (Å²) in [7, 11) is 0.402. The van der Waals surface area contributed by atoms with Gasteiger partial charge >= 0.3 is 0 Å². The number of anilines is 3. The topological polar surface area (TPSA) is 118 Å². The Kier molecular flexibility index (Phi) is 6.84. The van der Waals surface area contributed by atoms with Gasteiger partial charge in [0.1, 0.15) is 16.5 Å². The highest BCUT2D eigenvalue weighted by atomic mass is 35.5. The highest BCUT2D eigenvalue weighted by Crippen LogP contribution is 2.37. The number of aromatic nitrogens is 3. The van der Waals surface area contributed by atoms with Crippen molar-refractivity contribution < 1.29 is 17.5 Å². The van der Waals surface area contributed by atoms with Crippen LogP contribution in [-0.2, 0) is 10.0 Å². The molecule has 0 unspecified atom stereocenters. The molecule has 2 aromatic carbocycles. The van der Waals surface area contributed by atoms with Gasteiger partial charge in [-0.05, 0) is 18.2 Å². The maximum absolute atomic E-state index is 15.6. The normalized spacial score (nSPS) is 11.4. The molecule has 0 spiro atoms. The van der Waals surface area contributed by atoms with Gasteiger partial charge in [-0.2, -0.15) is 4.98 Å². The first-order chi connectivity index (χ1) is 16.7. The van der Waals surface area contributed by atoms with E-state index in [1.165, 1.54) is 31.4 Å². The number of fused-ring (bicyclic) bond motifs is 1. The standard InChI is InChI=1S/C22H19Cl2FN6O3S/c1-26-21-13(7-11-10-28-22(27-2)30-20(11)29-21)12-5-4-6-16(19(12)25)31-35(32,33)18-9-14(23)17(34-3)8-15(18)24/h4-10,31H,1-3H3,(H2,26,27,28,29,30). The van der Waals surface area contributed by atoms with E-state index in [-0.39, 0.29) is 31.9 Å². The molecule has 0 amide bonds. The number of benzene rings is 2. The van der Waals surface area contributed by atoms with E-state index in [1.54, 1.807) is 26.4 Å². The Morgan fingerprint density at radius 2 is 1.77 bits per heavy atom. The first kappa shape index (κ1) is 24.7. The summed E-state index contributed by atoms with van der Waals surface area (Å²) in [5, 5.41) is 6.24. The Bertz CT molecular complexity index is 1550. The first-order valence-corrected chi connectivity index (χ1v) is 12.3. The molecule has 4 rings (SSSR count). The van der Waals surface area contributed by atoms with E-state index in [0.717, 1.165) is 6.07 Å². The van der Waals surface area contributed by atoms with Crippen molar-refractivity contribution in [3.05, 3.63) is 58.5 Å². The zero-order valence-corrected chi connectivity index (χ0v) is 21.0. The molecular formula is C22H19Cl2FN6O3S. The van der Waals surface area contributed by atoms with E-state index in [4.69, 9.17) is 27.9 Å². The second kappa shape index (κ2) is 9.68. The lowest BCUT2D eigenvalue weighted by Gasteiger charge is -2.15. The molecule has 9 nitrogen and oxygen atoms in total. The summed E-state index contributed by atoms with van der Waals surface area (Å²) in [5.41, 5.74) is 0.626. The van der Waals surface area contributed by atoms with Crippen molar-refractivity contribution in [1.82, 2.24) is 15.0 Å². The van der Waals surface area contributed by atoms with E-state index in [1.807, 2.05) is 0 Å². The Morgan fingerprint density at radius 3 is 2.46 bits per heavy atom. The van der Waals surface area contributed by atoms with Gasteiger partial charge in [-0.15, -0.1) is 0 Å². The van der Waals surface area contributed by atoms with Crippen molar-refractivity contribution in [3.63, 3.8) is 0 Å². The summed E-state index contributed by atoms with van der Waals surface area (Å²) >= 11 is 12.2. The number of ether oxygens (including phenoxy) is 1. The van der Waals surface area contributed by atoms with Crippen LogP contribution in [0, 0.1) is 5.82 Å². The van der Waals surface area contributed by atoms with Crippen molar-refractivity contribution in [2.75, 3.05) is 36.6 Å². The van der Waals surface area contributed by atoms with Gasteiger partial charge in [-0.3, -0.25) is 4.72 Å². The molecule has 0 aliphatic carbocycles. The third kappa shape index (κ3) is 4.75. The van der Waals surface area contributed by atoms with Crippen molar-refractivity contribution in [2.45, 2.75) is 4.90 Å². The number of hydrogen-bond acceptors (Lipinski definition) is 8. The number of nitrogens with zero attached hydrogens (tertiary/aromatic N) is 3. The minimum atomic E-state index is -4.29. The molecular weight excluding hydrogens is 518 g/mol. The molecule has 0 saturated carbocycles. The molecule has 0 fully saturated rings. The van der Waals surface area contributed by atoms with Crippen LogP contribution in [0.5, 0.6) is 5.75 Å².